The fraction of sp³-hybridized carbons (Fsp3) is 0.500. The minimum Gasteiger partial charge on any atom is -0.488 e. The Balaban J connectivity index is 3.04. The molecule has 0 N–H and O–H groups in total. The van der Waals surface area contributed by atoms with Crippen LogP contribution in [0.4, 0.5) is 0 Å². The first kappa shape index (κ1) is 9.24. The summed E-state index contributed by atoms with van der Waals surface area (Å²) in [6.07, 6.45) is 5.48. The fourth-order valence-corrected chi connectivity index (χ4v) is 0.375. The van der Waals surface area contributed by atoms with Gasteiger partial charge in [0.25, 0.3) is 0 Å². The van der Waals surface area contributed by atoms with E-state index in [2.05, 4.69) is 6.26 Å². The molecule has 0 spiro atoms. The third kappa shape index (κ3) is 7.24. The highest BCUT2D eigenvalue weighted by atomic mass is 16.5. The Hall–Kier alpha value is -0.760. The largest absolute Gasteiger partial charge is 0.488 e. The van der Waals surface area contributed by atoms with Crippen molar-refractivity contribution < 1.29 is 4.74 Å². The highest BCUT2D eigenvalue weighted by molar-refractivity contribution is 4.86. The van der Waals surface area contributed by atoms with Gasteiger partial charge in [0.05, 0.1) is 0 Å². The molecule has 0 saturated carbocycles. The molecular weight excluding hydrogens is 126 g/mol. The average Bonchev–Trinajstić information content (AvgIpc) is 1.87. The molecule has 0 aliphatic rings. The molecule has 2 heteroatoms. The van der Waals surface area contributed by atoms with E-state index in [9.17, 15) is 0 Å². The standard InChI is InChI=1S/C8H13NO/c1-4-5-7-10-8-6-9(2)3/h1,4-5H,6,8H2,2-3H3. The van der Waals surface area contributed by atoms with Crippen LogP contribution in [0, 0.1) is 12.8 Å². The predicted molar refractivity (Wildman–Crippen MR) is 41.2 cm³/mol. The van der Waals surface area contributed by atoms with E-state index in [0.29, 0.717) is 6.61 Å². The van der Waals surface area contributed by atoms with Gasteiger partial charge in [0.15, 0.2) is 6.26 Å². The summed E-state index contributed by atoms with van der Waals surface area (Å²) in [5.74, 6) is 0. The number of rotatable bonds is 5. The molecule has 0 bridgehead atoms. The first-order valence-corrected chi connectivity index (χ1v) is 3.16. The van der Waals surface area contributed by atoms with Crippen LogP contribution in [0.15, 0.2) is 12.2 Å². The Morgan fingerprint density at radius 1 is 1.60 bits per heavy atom. The second kappa shape index (κ2) is 6.36. The molecule has 2 nitrogen and oxygen atoms in total. The Labute approximate surface area is 62.8 Å². The van der Waals surface area contributed by atoms with Gasteiger partial charge in [-0.1, -0.05) is 12.7 Å². The van der Waals surface area contributed by atoms with Crippen LogP contribution in [0.1, 0.15) is 0 Å². The van der Waals surface area contributed by atoms with Crippen molar-refractivity contribution in [1.29, 1.82) is 0 Å². The maximum Gasteiger partial charge on any atom is 0.161 e. The summed E-state index contributed by atoms with van der Waals surface area (Å²) in [5, 5.41) is 0. The van der Waals surface area contributed by atoms with Gasteiger partial charge in [-0.3, -0.25) is 0 Å². The SMILES string of the molecule is [CH]=C/C=[C]/OCCN(C)C. The number of hydrogen-bond acceptors (Lipinski definition) is 2. The molecule has 0 aliphatic heterocycles. The monoisotopic (exact) mass is 139 g/mol. The first-order chi connectivity index (χ1) is 4.77. The summed E-state index contributed by atoms with van der Waals surface area (Å²) in [4.78, 5) is 2.04. The van der Waals surface area contributed by atoms with Crippen molar-refractivity contribution in [2.24, 2.45) is 0 Å². The van der Waals surface area contributed by atoms with Crippen LogP contribution in [0.5, 0.6) is 0 Å². The Morgan fingerprint density at radius 3 is 2.80 bits per heavy atom. The van der Waals surface area contributed by atoms with Crippen LogP contribution in [0.2, 0.25) is 0 Å². The van der Waals surface area contributed by atoms with E-state index in [1.165, 1.54) is 12.2 Å². The lowest BCUT2D eigenvalue weighted by atomic mass is 10.6. The van der Waals surface area contributed by atoms with Crippen molar-refractivity contribution in [2.45, 2.75) is 0 Å². The van der Waals surface area contributed by atoms with Crippen molar-refractivity contribution in [1.82, 2.24) is 4.90 Å². The maximum absolute atomic E-state index is 5.04. The van der Waals surface area contributed by atoms with Gasteiger partial charge in [-0.05, 0) is 20.2 Å². The zero-order valence-electron chi connectivity index (χ0n) is 6.50. The zero-order valence-corrected chi connectivity index (χ0v) is 6.50. The van der Waals surface area contributed by atoms with Crippen LogP contribution >= 0.6 is 0 Å². The van der Waals surface area contributed by atoms with E-state index in [4.69, 9.17) is 11.3 Å². The number of ether oxygens (including phenoxy) is 1. The number of allylic oxidation sites excluding steroid dienone is 2. The van der Waals surface area contributed by atoms with Gasteiger partial charge < -0.3 is 9.64 Å². The van der Waals surface area contributed by atoms with Gasteiger partial charge in [0, 0.05) is 6.54 Å². The summed E-state index contributed by atoms with van der Waals surface area (Å²) in [7, 11) is 3.98. The Kier molecular flexibility index (Phi) is 5.88. The van der Waals surface area contributed by atoms with Crippen LogP contribution in [0.3, 0.4) is 0 Å². The summed E-state index contributed by atoms with van der Waals surface area (Å²) >= 11 is 0. The molecular formula is C8H13NO. The number of nitrogens with zero attached hydrogens (tertiary/aromatic N) is 1. The van der Waals surface area contributed by atoms with Gasteiger partial charge in [-0.2, -0.15) is 0 Å². The molecule has 0 aliphatic carbocycles. The third-order valence-electron chi connectivity index (χ3n) is 0.888. The molecule has 0 saturated heterocycles. The Bertz CT molecular complexity index is 108. The molecule has 10 heavy (non-hydrogen) atoms. The fourth-order valence-electron chi connectivity index (χ4n) is 0.375. The topological polar surface area (TPSA) is 12.5 Å². The second-order valence-electron chi connectivity index (χ2n) is 2.13. The van der Waals surface area contributed by atoms with E-state index in [-0.39, 0.29) is 0 Å². The number of likely N-dealkylation sites (N-methyl/N-ethyl adjacent to an activating group) is 1. The number of hydrogen-bond donors (Lipinski definition) is 0. The summed E-state index contributed by atoms with van der Waals surface area (Å²) in [6, 6.07) is 0. The van der Waals surface area contributed by atoms with Crippen molar-refractivity contribution >= 4 is 0 Å². The Morgan fingerprint density at radius 2 is 2.30 bits per heavy atom. The maximum atomic E-state index is 5.04. The molecule has 56 valence electrons. The lowest BCUT2D eigenvalue weighted by Crippen LogP contribution is -2.16. The van der Waals surface area contributed by atoms with Crippen LogP contribution in [-0.4, -0.2) is 32.1 Å². The molecule has 0 aromatic rings. The van der Waals surface area contributed by atoms with Crippen molar-refractivity contribution in [3.63, 3.8) is 0 Å². The summed E-state index contributed by atoms with van der Waals surface area (Å²) < 4.78 is 4.93. The first-order valence-electron chi connectivity index (χ1n) is 3.16. The van der Waals surface area contributed by atoms with Crippen molar-refractivity contribution in [2.75, 3.05) is 27.2 Å². The van der Waals surface area contributed by atoms with E-state index in [1.54, 1.807) is 0 Å². The molecule has 0 heterocycles. The van der Waals surface area contributed by atoms with Crippen LogP contribution in [-0.2, 0) is 4.74 Å². The highest BCUT2D eigenvalue weighted by Crippen LogP contribution is 1.79. The molecule has 0 amide bonds. The minimum absolute atomic E-state index is 0.650. The van der Waals surface area contributed by atoms with Gasteiger partial charge in [0.2, 0.25) is 0 Å². The quantitative estimate of drug-likeness (QED) is 0.318. The second-order valence-corrected chi connectivity index (χ2v) is 2.13. The zero-order chi connectivity index (χ0) is 7.82. The van der Waals surface area contributed by atoms with Crippen molar-refractivity contribution in [3.8, 4) is 0 Å². The third-order valence-corrected chi connectivity index (χ3v) is 0.888. The molecule has 2 radical (unpaired) electrons. The molecule has 0 fully saturated rings. The molecule has 0 atom stereocenters. The van der Waals surface area contributed by atoms with Gasteiger partial charge in [-0.15, -0.1) is 0 Å². The average molecular weight is 139 g/mol. The minimum atomic E-state index is 0.650. The van der Waals surface area contributed by atoms with Crippen LogP contribution in [0.25, 0.3) is 0 Å². The van der Waals surface area contributed by atoms with E-state index in [1.807, 2.05) is 19.0 Å². The van der Waals surface area contributed by atoms with E-state index >= 15 is 0 Å². The smallest absolute Gasteiger partial charge is 0.161 e. The van der Waals surface area contributed by atoms with E-state index < -0.39 is 0 Å². The lowest BCUT2D eigenvalue weighted by Gasteiger charge is -2.06. The normalized spacial score (nSPS) is 10.7. The predicted octanol–water partition coefficient (Wildman–Crippen LogP) is 0.871. The highest BCUT2D eigenvalue weighted by Gasteiger charge is 1.86. The molecule has 0 unspecified atom stereocenters. The molecule has 0 rings (SSSR count). The molecule has 0 aromatic heterocycles. The van der Waals surface area contributed by atoms with Gasteiger partial charge in [0.1, 0.15) is 6.61 Å². The van der Waals surface area contributed by atoms with Gasteiger partial charge >= 0.3 is 0 Å². The summed E-state index contributed by atoms with van der Waals surface area (Å²) in [5.41, 5.74) is 0. The molecule has 0 aromatic carbocycles. The summed E-state index contributed by atoms with van der Waals surface area (Å²) in [6.45, 7) is 6.58. The van der Waals surface area contributed by atoms with Crippen LogP contribution < -0.4 is 0 Å². The van der Waals surface area contributed by atoms with Crippen molar-refractivity contribution in [3.05, 3.63) is 25.0 Å². The van der Waals surface area contributed by atoms with E-state index in [0.717, 1.165) is 6.54 Å². The lowest BCUT2D eigenvalue weighted by molar-refractivity contribution is 0.196. The van der Waals surface area contributed by atoms with Gasteiger partial charge in [-0.25, -0.2) is 0 Å².